The summed E-state index contributed by atoms with van der Waals surface area (Å²) < 4.78 is 13.5. The summed E-state index contributed by atoms with van der Waals surface area (Å²) >= 11 is 0. The average Bonchev–Trinajstić information content (AvgIpc) is 2.41. The van der Waals surface area contributed by atoms with Crippen LogP contribution in [0.1, 0.15) is 29.3 Å². The Bertz CT molecular complexity index is 528. The van der Waals surface area contributed by atoms with Crippen molar-refractivity contribution >= 4 is 11.6 Å². The van der Waals surface area contributed by atoms with Gasteiger partial charge in [-0.25, -0.2) is 4.39 Å². The van der Waals surface area contributed by atoms with Crippen molar-refractivity contribution in [2.45, 2.75) is 20.3 Å². The predicted molar refractivity (Wildman–Crippen MR) is 70.0 cm³/mol. The summed E-state index contributed by atoms with van der Waals surface area (Å²) in [6.45, 7) is 4.56. The van der Waals surface area contributed by atoms with E-state index in [0.717, 1.165) is 0 Å². The van der Waals surface area contributed by atoms with Gasteiger partial charge in [-0.05, 0) is 24.6 Å². The van der Waals surface area contributed by atoms with Gasteiger partial charge in [-0.1, -0.05) is 18.1 Å². The summed E-state index contributed by atoms with van der Waals surface area (Å²) in [5, 5.41) is 12.0. The lowest BCUT2D eigenvalue weighted by Crippen LogP contribution is -2.43. The van der Waals surface area contributed by atoms with Crippen molar-refractivity contribution in [3.63, 3.8) is 0 Å². The number of benzene rings is 1. The number of oxime groups is 1. The van der Waals surface area contributed by atoms with Gasteiger partial charge in [-0.15, -0.1) is 0 Å². The van der Waals surface area contributed by atoms with Gasteiger partial charge in [0.1, 0.15) is 5.82 Å². The maximum absolute atomic E-state index is 13.5. The summed E-state index contributed by atoms with van der Waals surface area (Å²) in [5.74, 6) is -0.519. The monoisotopic (exact) mass is 264 g/mol. The van der Waals surface area contributed by atoms with E-state index in [1.807, 2.05) is 6.92 Å². The number of hydrogen-bond donors (Lipinski definition) is 1. The third-order valence-corrected chi connectivity index (χ3v) is 3.54. The highest BCUT2D eigenvalue weighted by Crippen LogP contribution is 2.18. The molecule has 1 aliphatic rings. The van der Waals surface area contributed by atoms with Gasteiger partial charge in [0, 0.05) is 31.0 Å². The standard InChI is InChI=1S/C14H17FN2O2/c1-9-3-4-11(7-12(9)15)14(18)17-6-5-13(16-19)10(2)8-17/h3-4,7,10,19H,5-6,8H2,1-2H3/b16-13+. The zero-order valence-corrected chi connectivity index (χ0v) is 11.1. The van der Waals surface area contributed by atoms with Crippen molar-refractivity contribution in [2.24, 2.45) is 11.1 Å². The van der Waals surface area contributed by atoms with Crippen LogP contribution in [0, 0.1) is 18.7 Å². The maximum atomic E-state index is 13.5. The van der Waals surface area contributed by atoms with Crippen molar-refractivity contribution < 1.29 is 14.4 Å². The van der Waals surface area contributed by atoms with E-state index in [1.54, 1.807) is 24.0 Å². The van der Waals surface area contributed by atoms with E-state index in [0.29, 0.717) is 36.3 Å². The Morgan fingerprint density at radius 3 is 2.84 bits per heavy atom. The van der Waals surface area contributed by atoms with Gasteiger partial charge in [0.05, 0.1) is 5.71 Å². The molecule has 4 nitrogen and oxygen atoms in total. The minimum Gasteiger partial charge on any atom is -0.411 e. The van der Waals surface area contributed by atoms with E-state index >= 15 is 0 Å². The smallest absolute Gasteiger partial charge is 0.253 e. The molecule has 0 aliphatic carbocycles. The Morgan fingerprint density at radius 1 is 1.53 bits per heavy atom. The van der Waals surface area contributed by atoms with E-state index < -0.39 is 0 Å². The van der Waals surface area contributed by atoms with Crippen LogP contribution in [0.5, 0.6) is 0 Å². The van der Waals surface area contributed by atoms with Crippen LogP contribution in [0.3, 0.4) is 0 Å². The molecule has 1 atom stereocenters. The molecular weight excluding hydrogens is 247 g/mol. The molecule has 1 fully saturated rings. The number of hydrogen-bond acceptors (Lipinski definition) is 3. The van der Waals surface area contributed by atoms with Crippen LogP contribution < -0.4 is 0 Å². The van der Waals surface area contributed by atoms with Crippen LogP contribution in [0.15, 0.2) is 23.4 Å². The van der Waals surface area contributed by atoms with Gasteiger partial charge in [0.15, 0.2) is 0 Å². The molecule has 1 heterocycles. The predicted octanol–water partition coefficient (Wildman–Crippen LogP) is 2.45. The van der Waals surface area contributed by atoms with Gasteiger partial charge in [0.25, 0.3) is 5.91 Å². The first kappa shape index (κ1) is 13.5. The lowest BCUT2D eigenvalue weighted by molar-refractivity contribution is 0.0733. The molecule has 2 rings (SSSR count). The number of carbonyl (C=O) groups is 1. The Hall–Kier alpha value is -1.91. The fourth-order valence-corrected chi connectivity index (χ4v) is 2.26. The largest absolute Gasteiger partial charge is 0.411 e. The van der Waals surface area contributed by atoms with Crippen LogP contribution in [0.25, 0.3) is 0 Å². The lowest BCUT2D eigenvalue weighted by Gasteiger charge is -2.31. The fourth-order valence-electron chi connectivity index (χ4n) is 2.26. The van der Waals surface area contributed by atoms with Crippen molar-refractivity contribution in [2.75, 3.05) is 13.1 Å². The minimum atomic E-state index is -0.367. The summed E-state index contributed by atoms with van der Waals surface area (Å²) in [7, 11) is 0. The van der Waals surface area contributed by atoms with Crippen LogP contribution >= 0.6 is 0 Å². The number of rotatable bonds is 1. The number of piperidine rings is 1. The van der Waals surface area contributed by atoms with Crippen LogP contribution in [-0.2, 0) is 0 Å². The molecule has 0 saturated carbocycles. The van der Waals surface area contributed by atoms with Crippen molar-refractivity contribution in [3.05, 3.63) is 35.1 Å². The quantitative estimate of drug-likeness (QED) is 0.625. The highest BCUT2D eigenvalue weighted by atomic mass is 19.1. The SMILES string of the molecule is Cc1ccc(C(=O)N2CC/C(=N\O)C(C)C2)cc1F. The van der Waals surface area contributed by atoms with E-state index in [9.17, 15) is 9.18 Å². The number of aryl methyl sites for hydroxylation is 1. The number of nitrogens with zero attached hydrogens (tertiary/aromatic N) is 2. The topological polar surface area (TPSA) is 52.9 Å². The van der Waals surface area contributed by atoms with E-state index in [4.69, 9.17) is 5.21 Å². The molecule has 5 heteroatoms. The third-order valence-electron chi connectivity index (χ3n) is 3.54. The molecule has 0 radical (unpaired) electrons. The van der Waals surface area contributed by atoms with Gasteiger partial charge in [-0.3, -0.25) is 4.79 Å². The second-order valence-corrected chi connectivity index (χ2v) is 4.96. The highest BCUT2D eigenvalue weighted by molar-refractivity contribution is 5.96. The van der Waals surface area contributed by atoms with Gasteiger partial charge >= 0.3 is 0 Å². The van der Waals surface area contributed by atoms with Gasteiger partial charge in [-0.2, -0.15) is 0 Å². The van der Waals surface area contributed by atoms with Crippen LogP contribution in [0.4, 0.5) is 4.39 Å². The molecule has 1 N–H and O–H groups in total. The summed E-state index contributed by atoms with van der Waals surface area (Å²) in [6.07, 6.45) is 0.553. The zero-order chi connectivity index (χ0) is 14.0. The first-order valence-electron chi connectivity index (χ1n) is 6.29. The summed E-state index contributed by atoms with van der Waals surface area (Å²) in [4.78, 5) is 13.9. The van der Waals surface area contributed by atoms with E-state index in [1.165, 1.54) is 6.07 Å². The van der Waals surface area contributed by atoms with Crippen LogP contribution in [0.2, 0.25) is 0 Å². The molecule has 1 amide bonds. The molecule has 1 unspecified atom stereocenters. The molecule has 1 aliphatic heterocycles. The number of amides is 1. The molecule has 1 aromatic carbocycles. The Morgan fingerprint density at radius 2 is 2.26 bits per heavy atom. The molecule has 102 valence electrons. The molecule has 19 heavy (non-hydrogen) atoms. The second-order valence-electron chi connectivity index (χ2n) is 4.96. The minimum absolute atomic E-state index is 0.0259. The molecule has 0 spiro atoms. The Balaban J connectivity index is 2.14. The first-order valence-corrected chi connectivity index (χ1v) is 6.29. The average molecular weight is 264 g/mol. The summed E-state index contributed by atoms with van der Waals surface area (Å²) in [5.41, 5.74) is 1.59. The summed E-state index contributed by atoms with van der Waals surface area (Å²) in [6, 6.07) is 4.52. The maximum Gasteiger partial charge on any atom is 0.253 e. The third kappa shape index (κ3) is 2.75. The van der Waals surface area contributed by atoms with Gasteiger partial charge < -0.3 is 10.1 Å². The van der Waals surface area contributed by atoms with Crippen molar-refractivity contribution in [1.29, 1.82) is 0 Å². The molecular formula is C14H17FN2O2. The second kappa shape index (κ2) is 5.38. The zero-order valence-electron chi connectivity index (χ0n) is 11.1. The van der Waals surface area contributed by atoms with Crippen LogP contribution in [-0.4, -0.2) is 34.8 Å². The van der Waals surface area contributed by atoms with Gasteiger partial charge in [0.2, 0.25) is 0 Å². The first-order chi connectivity index (χ1) is 9.02. The Kier molecular flexibility index (Phi) is 3.83. The van der Waals surface area contributed by atoms with Crippen molar-refractivity contribution in [3.8, 4) is 0 Å². The highest BCUT2D eigenvalue weighted by Gasteiger charge is 2.26. The Labute approximate surface area is 111 Å². The molecule has 1 saturated heterocycles. The van der Waals surface area contributed by atoms with E-state index in [-0.39, 0.29) is 17.6 Å². The fraction of sp³-hybridized carbons (Fsp3) is 0.429. The molecule has 0 aromatic heterocycles. The number of likely N-dealkylation sites (tertiary alicyclic amines) is 1. The normalized spacial score (nSPS) is 21.7. The molecule has 1 aromatic rings. The number of halogens is 1. The van der Waals surface area contributed by atoms with E-state index in [2.05, 4.69) is 5.16 Å². The number of carbonyl (C=O) groups excluding carboxylic acids is 1. The molecule has 0 bridgehead atoms. The lowest BCUT2D eigenvalue weighted by atomic mass is 9.97. The van der Waals surface area contributed by atoms with Crippen molar-refractivity contribution in [1.82, 2.24) is 4.90 Å².